The molecule has 2 N–H and O–H groups in total. The number of aliphatic hydroxyl groups is 1. The first-order valence-electron chi connectivity index (χ1n) is 5.34. The Morgan fingerprint density at radius 2 is 2.20 bits per heavy atom. The Bertz CT molecular complexity index is 332. The number of hydrogen-bond donors (Lipinski definition) is 2. The molecule has 0 aliphatic carbocycles. The fourth-order valence-electron chi connectivity index (χ4n) is 2.21. The summed E-state index contributed by atoms with van der Waals surface area (Å²) in [6.45, 7) is 2.10. The maximum atomic E-state index is 9.71. The molecule has 0 aromatic heterocycles. The van der Waals surface area contributed by atoms with E-state index in [1.807, 2.05) is 24.3 Å². The maximum absolute atomic E-state index is 9.71. The summed E-state index contributed by atoms with van der Waals surface area (Å²) in [4.78, 5) is 0. The Hall–Kier alpha value is -0.570. The van der Waals surface area contributed by atoms with Crippen molar-refractivity contribution in [1.82, 2.24) is 5.32 Å². The summed E-state index contributed by atoms with van der Waals surface area (Å²) >= 11 is 5.95. The van der Waals surface area contributed by atoms with Gasteiger partial charge >= 0.3 is 0 Å². The number of hydrogen-bond acceptors (Lipinski definition) is 2. The number of piperidine rings is 1. The van der Waals surface area contributed by atoms with E-state index in [-0.39, 0.29) is 12.1 Å². The van der Waals surface area contributed by atoms with Crippen molar-refractivity contribution < 1.29 is 5.11 Å². The molecule has 0 saturated carbocycles. The number of rotatable bonds is 1. The van der Waals surface area contributed by atoms with E-state index in [4.69, 9.17) is 11.6 Å². The Morgan fingerprint density at radius 3 is 2.87 bits per heavy atom. The van der Waals surface area contributed by atoms with Crippen molar-refractivity contribution >= 4 is 11.6 Å². The Morgan fingerprint density at radius 1 is 1.40 bits per heavy atom. The van der Waals surface area contributed by atoms with Gasteiger partial charge in [0.05, 0.1) is 6.10 Å². The van der Waals surface area contributed by atoms with E-state index < -0.39 is 0 Å². The molecule has 0 radical (unpaired) electrons. The highest BCUT2D eigenvalue weighted by Crippen LogP contribution is 2.27. The van der Waals surface area contributed by atoms with E-state index in [0.29, 0.717) is 6.04 Å². The maximum Gasteiger partial charge on any atom is 0.0573 e. The second kappa shape index (κ2) is 4.52. The molecule has 1 fully saturated rings. The first kappa shape index (κ1) is 10.9. The first-order valence-corrected chi connectivity index (χ1v) is 5.72. The summed E-state index contributed by atoms with van der Waals surface area (Å²) < 4.78 is 0. The Balaban J connectivity index is 2.16. The van der Waals surface area contributed by atoms with Gasteiger partial charge in [0.15, 0.2) is 0 Å². The highest BCUT2D eigenvalue weighted by atomic mass is 35.5. The van der Waals surface area contributed by atoms with Gasteiger partial charge in [-0.05, 0) is 37.5 Å². The van der Waals surface area contributed by atoms with Crippen LogP contribution in [0.25, 0.3) is 0 Å². The molecule has 3 heteroatoms. The smallest absolute Gasteiger partial charge is 0.0573 e. The minimum absolute atomic E-state index is 0.203. The van der Waals surface area contributed by atoms with E-state index in [1.165, 1.54) is 0 Å². The van der Waals surface area contributed by atoms with Gasteiger partial charge < -0.3 is 10.4 Å². The molecule has 2 rings (SSSR count). The van der Waals surface area contributed by atoms with Crippen LogP contribution in [0.4, 0.5) is 0 Å². The molecule has 0 spiro atoms. The van der Waals surface area contributed by atoms with Crippen LogP contribution in [0.2, 0.25) is 5.02 Å². The van der Waals surface area contributed by atoms with Crippen molar-refractivity contribution in [3.8, 4) is 0 Å². The second-order valence-corrected chi connectivity index (χ2v) is 4.74. The van der Waals surface area contributed by atoms with E-state index in [9.17, 15) is 5.11 Å². The van der Waals surface area contributed by atoms with Gasteiger partial charge in [0.25, 0.3) is 0 Å². The topological polar surface area (TPSA) is 32.3 Å². The minimum Gasteiger partial charge on any atom is -0.393 e. The average molecular weight is 226 g/mol. The monoisotopic (exact) mass is 225 g/mol. The molecule has 1 aliphatic heterocycles. The highest BCUT2D eigenvalue weighted by molar-refractivity contribution is 6.30. The van der Waals surface area contributed by atoms with E-state index >= 15 is 0 Å². The van der Waals surface area contributed by atoms with Gasteiger partial charge in [0.1, 0.15) is 0 Å². The molecule has 1 aromatic carbocycles. The lowest BCUT2D eigenvalue weighted by Crippen LogP contribution is -2.40. The standard InChI is InChI=1S/C12H16ClNO/c1-8-5-11(15)7-12(14-8)9-3-2-4-10(13)6-9/h2-4,6,8,11-12,14-15H,5,7H2,1H3. The van der Waals surface area contributed by atoms with E-state index in [1.54, 1.807) is 0 Å². The fourth-order valence-corrected chi connectivity index (χ4v) is 2.41. The minimum atomic E-state index is -0.203. The molecule has 0 amide bonds. The van der Waals surface area contributed by atoms with Crippen molar-refractivity contribution in [3.63, 3.8) is 0 Å². The molecular formula is C12H16ClNO. The SMILES string of the molecule is CC1CC(O)CC(c2cccc(Cl)c2)N1. The van der Waals surface area contributed by atoms with Crippen LogP contribution < -0.4 is 5.32 Å². The average Bonchev–Trinajstić information content (AvgIpc) is 2.16. The van der Waals surface area contributed by atoms with E-state index in [2.05, 4.69) is 12.2 Å². The zero-order valence-electron chi connectivity index (χ0n) is 8.78. The zero-order valence-corrected chi connectivity index (χ0v) is 9.54. The molecule has 3 atom stereocenters. The second-order valence-electron chi connectivity index (χ2n) is 4.30. The lowest BCUT2D eigenvalue weighted by molar-refractivity contribution is 0.0975. The van der Waals surface area contributed by atoms with Gasteiger partial charge in [-0.1, -0.05) is 23.7 Å². The Kier molecular flexibility index (Phi) is 3.29. The largest absolute Gasteiger partial charge is 0.393 e. The van der Waals surface area contributed by atoms with Crippen molar-refractivity contribution in [3.05, 3.63) is 34.9 Å². The Labute approximate surface area is 95.3 Å². The lowest BCUT2D eigenvalue weighted by Gasteiger charge is -2.32. The summed E-state index contributed by atoms with van der Waals surface area (Å²) in [5.41, 5.74) is 1.16. The molecule has 1 aliphatic rings. The van der Waals surface area contributed by atoms with Gasteiger partial charge in [0.2, 0.25) is 0 Å². The normalized spacial score (nSPS) is 31.5. The van der Waals surface area contributed by atoms with Crippen LogP contribution in [0.3, 0.4) is 0 Å². The molecule has 15 heavy (non-hydrogen) atoms. The van der Waals surface area contributed by atoms with Gasteiger partial charge in [-0.25, -0.2) is 0 Å². The number of nitrogens with one attached hydrogen (secondary N) is 1. The third kappa shape index (κ3) is 2.71. The summed E-state index contributed by atoms with van der Waals surface area (Å²) in [6, 6.07) is 8.41. The van der Waals surface area contributed by atoms with Crippen molar-refractivity contribution in [2.24, 2.45) is 0 Å². The predicted octanol–water partition coefficient (Wildman–Crippen LogP) is 2.51. The van der Waals surface area contributed by atoms with Gasteiger partial charge in [-0.2, -0.15) is 0 Å². The third-order valence-electron chi connectivity index (χ3n) is 2.87. The molecule has 3 unspecified atom stereocenters. The predicted molar refractivity (Wildman–Crippen MR) is 62.0 cm³/mol. The molecule has 1 heterocycles. The van der Waals surface area contributed by atoms with E-state index in [0.717, 1.165) is 23.4 Å². The number of aliphatic hydroxyl groups excluding tert-OH is 1. The van der Waals surface area contributed by atoms with Gasteiger partial charge in [0, 0.05) is 17.1 Å². The van der Waals surface area contributed by atoms with Crippen molar-refractivity contribution in [2.75, 3.05) is 0 Å². The summed E-state index contributed by atoms with van der Waals surface area (Å²) in [5, 5.41) is 13.9. The molecule has 82 valence electrons. The lowest BCUT2D eigenvalue weighted by atomic mass is 9.92. The summed E-state index contributed by atoms with van der Waals surface area (Å²) in [5.74, 6) is 0. The van der Waals surface area contributed by atoms with Crippen LogP contribution in [0.5, 0.6) is 0 Å². The van der Waals surface area contributed by atoms with Gasteiger partial charge in [-0.3, -0.25) is 0 Å². The third-order valence-corrected chi connectivity index (χ3v) is 3.11. The van der Waals surface area contributed by atoms with Crippen LogP contribution in [-0.2, 0) is 0 Å². The number of halogens is 1. The molecule has 2 nitrogen and oxygen atoms in total. The van der Waals surface area contributed by atoms with Crippen molar-refractivity contribution in [2.45, 2.75) is 38.0 Å². The summed E-state index contributed by atoms with van der Waals surface area (Å²) in [6.07, 6.45) is 1.40. The van der Waals surface area contributed by atoms with Crippen LogP contribution in [0.15, 0.2) is 24.3 Å². The highest BCUT2D eigenvalue weighted by Gasteiger charge is 2.25. The van der Waals surface area contributed by atoms with Crippen LogP contribution >= 0.6 is 11.6 Å². The van der Waals surface area contributed by atoms with Crippen LogP contribution in [0.1, 0.15) is 31.4 Å². The molecular weight excluding hydrogens is 210 g/mol. The van der Waals surface area contributed by atoms with Crippen LogP contribution in [-0.4, -0.2) is 17.3 Å². The number of benzene rings is 1. The van der Waals surface area contributed by atoms with Gasteiger partial charge in [-0.15, -0.1) is 0 Å². The fraction of sp³-hybridized carbons (Fsp3) is 0.500. The zero-order chi connectivity index (χ0) is 10.8. The van der Waals surface area contributed by atoms with Crippen LogP contribution in [0, 0.1) is 0 Å². The first-order chi connectivity index (χ1) is 7.15. The molecule has 0 bridgehead atoms. The molecule has 1 saturated heterocycles. The summed E-state index contributed by atoms with van der Waals surface area (Å²) in [7, 11) is 0. The quantitative estimate of drug-likeness (QED) is 0.770. The van der Waals surface area contributed by atoms with Crippen molar-refractivity contribution in [1.29, 1.82) is 0 Å². The molecule has 1 aromatic rings.